The number of thioether (sulfide) groups is 1. The summed E-state index contributed by atoms with van der Waals surface area (Å²) in [5, 5.41) is 12.1. The van der Waals surface area contributed by atoms with Crippen LogP contribution in [0, 0.1) is 0 Å². The Hall–Kier alpha value is -2.77. The number of aryl methyl sites for hydroxylation is 1. The minimum atomic E-state index is -0.210. The summed E-state index contributed by atoms with van der Waals surface area (Å²) in [5.74, 6) is 1.23. The third-order valence-electron chi connectivity index (χ3n) is 4.23. The third-order valence-corrected chi connectivity index (χ3v) is 5.48. The number of halogens is 1. The molecule has 0 aliphatic heterocycles. The van der Waals surface area contributed by atoms with Crippen molar-refractivity contribution in [2.45, 2.75) is 23.9 Å². The highest BCUT2D eigenvalue weighted by molar-refractivity contribution is 7.98. The van der Waals surface area contributed by atoms with Crippen molar-refractivity contribution in [3.63, 3.8) is 0 Å². The molecule has 4 rings (SSSR count). The molecule has 2 aromatic carbocycles. The number of benzene rings is 2. The molecule has 2 heterocycles. The average Bonchev–Trinajstić information content (AvgIpc) is 3.33. The Kier molecular flexibility index (Phi) is 5.64. The lowest BCUT2D eigenvalue weighted by atomic mass is 10.1. The highest BCUT2D eigenvalue weighted by atomic mass is 35.5. The molecule has 0 saturated heterocycles. The standard InChI is InChI=1S/C20H17ClN4O2S/c21-16-8-6-15(7-9-16)18-12-17(27-24-18)13-28-20-23-22-19(26)25(20)11-10-14-4-2-1-3-5-14/h1-9,12H,10-11,13H2,(H,22,26). The molecule has 142 valence electrons. The first kappa shape index (κ1) is 18.6. The van der Waals surface area contributed by atoms with Crippen LogP contribution >= 0.6 is 23.4 Å². The van der Waals surface area contributed by atoms with Gasteiger partial charge < -0.3 is 4.52 Å². The van der Waals surface area contributed by atoms with E-state index in [9.17, 15) is 4.79 Å². The summed E-state index contributed by atoms with van der Waals surface area (Å²) in [6.07, 6.45) is 0.761. The fraction of sp³-hybridized carbons (Fsp3) is 0.150. The quantitative estimate of drug-likeness (QED) is 0.455. The Balaban J connectivity index is 1.41. The molecule has 0 aliphatic carbocycles. The minimum absolute atomic E-state index is 0.210. The zero-order valence-corrected chi connectivity index (χ0v) is 16.4. The number of nitrogens with zero attached hydrogens (tertiary/aromatic N) is 3. The summed E-state index contributed by atoms with van der Waals surface area (Å²) in [6, 6.07) is 19.4. The number of nitrogens with one attached hydrogen (secondary N) is 1. The number of hydrogen-bond donors (Lipinski definition) is 1. The van der Waals surface area contributed by atoms with Crippen LogP contribution in [0.1, 0.15) is 11.3 Å². The van der Waals surface area contributed by atoms with E-state index in [1.807, 2.05) is 60.7 Å². The zero-order valence-electron chi connectivity index (χ0n) is 14.8. The second-order valence-electron chi connectivity index (χ2n) is 6.17. The monoisotopic (exact) mass is 412 g/mol. The van der Waals surface area contributed by atoms with Gasteiger partial charge in [-0.3, -0.25) is 4.57 Å². The van der Waals surface area contributed by atoms with E-state index < -0.39 is 0 Å². The van der Waals surface area contributed by atoms with Crippen LogP contribution in [0.25, 0.3) is 11.3 Å². The summed E-state index contributed by atoms with van der Waals surface area (Å²) in [7, 11) is 0. The maximum Gasteiger partial charge on any atom is 0.343 e. The Morgan fingerprint density at radius 1 is 1.11 bits per heavy atom. The van der Waals surface area contributed by atoms with E-state index in [1.165, 1.54) is 17.3 Å². The fourth-order valence-electron chi connectivity index (χ4n) is 2.77. The normalized spacial score (nSPS) is 11.0. The first-order chi connectivity index (χ1) is 13.7. The maximum atomic E-state index is 12.1. The van der Waals surface area contributed by atoms with Gasteiger partial charge in [-0.25, -0.2) is 9.89 Å². The smallest absolute Gasteiger partial charge is 0.343 e. The molecule has 28 heavy (non-hydrogen) atoms. The van der Waals surface area contributed by atoms with Gasteiger partial charge in [0.05, 0.1) is 5.75 Å². The molecule has 0 aliphatic rings. The van der Waals surface area contributed by atoms with Gasteiger partial charge in [-0.15, -0.1) is 5.10 Å². The number of H-pyrrole nitrogens is 1. The molecule has 0 fully saturated rings. The van der Waals surface area contributed by atoms with Gasteiger partial charge in [0, 0.05) is 23.2 Å². The van der Waals surface area contributed by atoms with E-state index in [4.69, 9.17) is 16.1 Å². The van der Waals surface area contributed by atoms with Crippen molar-refractivity contribution in [2.24, 2.45) is 0 Å². The first-order valence-electron chi connectivity index (χ1n) is 8.72. The molecule has 8 heteroatoms. The first-order valence-corrected chi connectivity index (χ1v) is 10.1. The van der Waals surface area contributed by atoms with Crippen LogP contribution in [0.4, 0.5) is 0 Å². The van der Waals surface area contributed by atoms with Crippen LogP contribution in [0.2, 0.25) is 5.02 Å². The topological polar surface area (TPSA) is 76.7 Å². The molecular weight excluding hydrogens is 396 g/mol. The molecule has 0 spiro atoms. The van der Waals surface area contributed by atoms with Crippen molar-refractivity contribution in [3.05, 3.63) is 87.5 Å². The molecule has 6 nitrogen and oxygen atoms in total. The molecule has 0 atom stereocenters. The molecule has 0 saturated carbocycles. The van der Waals surface area contributed by atoms with Crippen molar-refractivity contribution < 1.29 is 4.52 Å². The Bertz CT molecular complexity index is 1100. The van der Waals surface area contributed by atoms with Crippen molar-refractivity contribution in [1.29, 1.82) is 0 Å². The number of aromatic nitrogens is 4. The van der Waals surface area contributed by atoms with E-state index in [0.29, 0.717) is 28.2 Å². The zero-order chi connectivity index (χ0) is 19.3. The third kappa shape index (κ3) is 4.37. The van der Waals surface area contributed by atoms with E-state index in [0.717, 1.165) is 17.7 Å². The second kappa shape index (κ2) is 8.50. The lowest BCUT2D eigenvalue weighted by Crippen LogP contribution is -2.18. The molecular formula is C20H17ClN4O2S. The lowest BCUT2D eigenvalue weighted by molar-refractivity contribution is 0.397. The van der Waals surface area contributed by atoms with Gasteiger partial charge in [0.25, 0.3) is 0 Å². The molecule has 2 aromatic heterocycles. The van der Waals surface area contributed by atoms with Gasteiger partial charge in [0.1, 0.15) is 11.5 Å². The van der Waals surface area contributed by atoms with E-state index in [-0.39, 0.29) is 5.69 Å². The van der Waals surface area contributed by atoms with Crippen LogP contribution < -0.4 is 5.69 Å². The van der Waals surface area contributed by atoms with Crippen LogP contribution in [0.15, 0.2) is 75.1 Å². The van der Waals surface area contributed by atoms with Gasteiger partial charge in [0.2, 0.25) is 0 Å². The fourth-order valence-corrected chi connectivity index (χ4v) is 3.74. The van der Waals surface area contributed by atoms with Crippen LogP contribution in [-0.2, 0) is 18.7 Å². The van der Waals surface area contributed by atoms with Crippen molar-refractivity contribution in [1.82, 2.24) is 19.9 Å². The molecule has 1 N–H and O–H groups in total. The average molecular weight is 413 g/mol. The van der Waals surface area contributed by atoms with Crippen LogP contribution in [-0.4, -0.2) is 19.9 Å². The van der Waals surface area contributed by atoms with E-state index in [2.05, 4.69) is 15.4 Å². The molecule has 0 unspecified atom stereocenters. The summed E-state index contributed by atoms with van der Waals surface area (Å²) in [5.41, 5.74) is 2.65. The van der Waals surface area contributed by atoms with Gasteiger partial charge in [0.15, 0.2) is 5.16 Å². The number of hydrogen-bond acceptors (Lipinski definition) is 5. The van der Waals surface area contributed by atoms with Gasteiger partial charge in [-0.1, -0.05) is 71.0 Å². The number of aromatic amines is 1. The van der Waals surface area contributed by atoms with Crippen molar-refractivity contribution in [3.8, 4) is 11.3 Å². The Labute approximate surface area is 170 Å². The highest BCUT2D eigenvalue weighted by Crippen LogP contribution is 2.25. The van der Waals surface area contributed by atoms with E-state index in [1.54, 1.807) is 4.57 Å². The van der Waals surface area contributed by atoms with Gasteiger partial charge >= 0.3 is 5.69 Å². The summed E-state index contributed by atoms with van der Waals surface area (Å²) in [4.78, 5) is 12.1. The highest BCUT2D eigenvalue weighted by Gasteiger charge is 2.12. The largest absolute Gasteiger partial charge is 0.360 e. The van der Waals surface area contributed by atoms with Crippen molar-refractivity contribution >= 4 is 23.4 Å². The predicted octanol–water partition coefficient (Wildman–Crippen LogP) is 4.41. The van der Waals surface area contributed by atoms with Crippen molar-refractivity contribution in [2.75, 3.05) is 0 Å². The van der Waals surface area contributed by atoms with Gasteiger partial charge in [-0.05, 0) is 24.1 Å². The van der Waals surface area contributed by atoms with Crippen LogP contribution in [0.5, 0.6) is 0 Å². The molecule has 0 bridgehead atoms. The van der Waals surface area contributed by atoms with Gasteiger partial charge in [-0.2, -0.15) is 0 Å². The molecule has 0 amide bonds. The summed E-state index contributed by atoms with van der Waals surface area (Å²) < 4.78 is 7.06. The molecule has 4 aromatic rings. The Morgan fingerprint density at radius 2 is 1.89 bits per heavy atom. The summed E-state index contributed by atoms with van der Waals surface area (Å²) >= 11 is 7.35. The summed E-state index contributed by atoms with van der Waals surface area (Å²) in [6.45, 7) is 0.564. The second-order valence-corrected chi connectivity index (χ2v) is 7.55. The lowest BCUT2D eigenvalue weighted by Gasteiger charge is -2.04. The number of rotatable bonds is 7. The van der Waals surface area contributed by atoms with Crippen LogP contribution in [0.3, 0.4) is 0 Å². The molecule has 0 radical (unpaired) electrons. The SMILES string of the molecule is O=c1[nH]nc(SCc2cc(-c3ccc(Cl)cc3)no2)n1CCc1ccccc1. The predicted molar refractivity (Wildman–Crippen MR) is 110 cm³/mol. The maximum absolute atomic E-state index is 12.1. The van der Waals surface area contributed by atoms with E-state index >= 15 is 0 Å². The Morgan fingerprint density at radius 3 is 2.68 bits per heavy atom. The minimum Gasteiger partial charge on any atom is -0.360 e.